The number of urea groups is 1. The molecule has 0 saturated carbocycles. The number of hydrogen-bond acceptors (Lipinski definition) is 5. The highest BCUT2D eigenvalue weighted by molar-refractivity contribution is 7.13. The molecule has 0 spiro atoms. The van der Waals surface area contributed by atoms with Gasteiger partial charge >= 0.3 is 12.1 Å². The first kappa shape index (κ1) is 19.6. The van der Waals surface area contributed by atoms with Gasteiger partial charge in [-0.1, -0.05) is 12.1 Å². The van der Waals surface area contributed by atoms with E-state index >= 15 is 0 Å². The fourth-order valence-electron chi connectivity index (χ4n) is 2.23. The van der Waals surface area contributed by atoms with Crippen molar-refractivity contribution >= 4 is 28.6 Å². The Labute approximate surface area is 153 Å². The molecule has 0 radical (unpaired) electrons. The second-order valence-electron chi connectivity index (χ2n) is 5.39. The Hall–Kier alpha value is -2.72. The van der Waals surface area contributed by atoms with Gasteiger partial charge < -0.3 is 15.5 Å². The zero-order valence-corrected chi connectivity index (χ0v) is 14.8. The molecule has 26 heavy (non-hydrogen) atoms. The van der Waals surface area contributed by atoms with E-state index < -0.39 is 18.2 Å². The summed E-state index contributed by atoms with van der Waals surface area (Å²) >= 11 is 1.15. The van der Waals surface area contributed by atoms with E-state index in [4.69, 9.17) is 5.11 Å². The number of nitrogens with one attached hydrogen (secondary N) is 2. The van der Waals surface area contributed by atoms with Crippen molar-refractivity contribution in [1.29, 1.82) is 0 Å². The number of thiazole rings is 1. The largest absolute Gasteiger partial charge is 0.465 e. The maximum absolute atomic E-state index is 13.1. The van der Waals surface area contributed by atoms with Gasteiger partial charge in [-0.3, -0.25) is 10.2 Å². The van der Waals surface area contributed by atoms with Crippen LogP contribution in [0.3, 0.4) is 0 Å². The molecule has 2 rings (SSSR count). The van der Waals surface area contributed by atoms with Gasteiger partial charge in [0.25, 0.3) is 0 Å². The van der Waals surface area contributed by atoms with Crippen LogP contribution >= 0.6 is 11.3 Å². The summed E-state index contributed by atoms with van der Waals surface area (Å²) in [5.74, 6) is -0.380. The molecule has 1 unspecified atom stereocenters. The lowest BCUT2D eigenvalue weighted by Gasteiger charge is -2.24. The maximum atomic E-state index is 13.1. The highest BCUT2D eigenvalue weighted by Crippen LogP contribution is 2.24. The van der Waals surface area contributed by atoms with Crippen molar-refractivity contribution in [3.8, 4) is 0 Å². The third kappa shape index (κ3) is 5.39. The summed E-state index contributed by atoms with van der Waals surface area (Å²) in [6, 6.07) is 4.81. The van der Waals surface area contributed by atoms with Crippen LogP contribution in [0.5, 0.6) is 0 Å². The summed E-state index contributed by atoms with van der Waals surface area (Å²) < 4.78 is 13.1. The van der Waals surface area contributed by atoms with E-state index in [9.17, 15) is 19.1 Å². The Morgan fingerprint density at radius 2 is 2.19 bits per heavy atom. The number of rotatable bonds is 7. The number of amides is 3. The van der Waals surface area contributed by atoms with Gasteiger partial charge in [0.15, 0.2) is 5.13 Å². The molecule has 0 fully saturated rings. The quantitative estimate of drug-likeness (QED) is 0.588. The molecule has 4 N–H and O–H groups in total. The Morgan fingerprint density at radius 3 is 2.85 bits per heavy atom. The molecule has 1 aromatic carbocycles. The van der Waals surface area contributed by atoms with Gasteiger partial charge in [-0.2, -0.15) is 0 Å². The Balaban J connectivity index is 1.92. The first-order valence-electron chi connectivity index (χ1n) is 7.76. The molecule has 0 saturated heterocycles. The minimum absolute atomic E-state index is 0.0368. The van der Waals surface area contributed by atoms with Crippen LogP contribution in [0.2, 0.25) is 0 Å². The van der Waals surface area contributed by atoms with E-state index in [1.807, 2.05) is 0 Å². The van der Waals surface area contributed by atoms with E-state index in [1.54, 1.807) is 24.4 Å². The SMILES string of the molecule is CC(c1csc(NC(=O)NCc2cccc(F)c2)n1)N(CCO)C(=O)O. The van der Waals surface area contributed by atoms with Crippen molar-refractivity contribution < 1.29 is 24.2 Å². The number of benzene rings is 1. The summed E-state index contributed by atoms with van der Waals surface area (Å²) in [7, 11) is 0. The van der Waals surface area contributed by atoms with Crippen LogP contribution in [0, 0.1) is 5.82 Å². The van der Waals surface area contributed by atoms with Crippen LogP contribution in [0.15, 0.2) is 29.6 Å². The number of nitrogens with zero attached hydrogens (tertiary/aromatic N) is 2. The zero-order valence-electron chi connectivity index (χ0n) is 14.0. The standard InChI is InChI=1S/C16H19FN4O4S/c1-10(21(5-6-22)16(24)25)13-9-26-15(19-13)20-14(23)18-8-11-3-2-4-12(17)7-11/h2-4,7,9-10,22H,5-6,8H2,1H3,(H,24,25)(H2,18,19,20,23). The molecular formula is C16H19FN4O4S. The molecule has 1 aromatic heterocycles. The molecular weight excluding hydrogens is 363 g/mol. The molecule has 1 heterocycles. The molecule has 0 bridgehead atoms. The highest BCUT2D eigenvalue weighted by atomic mass is 32.1. The second kappa shape index (κ2) is 9.11. The van der Waals surface area contributed by atoms with Gasteiger partial charge in [0, 0.05) is 18.5 Å². The fraction of sp³-hybridized carbons (Fsp3) is 0.312. The minimum atomic E-state index is -1.16. The van der Waals surface area contributed by atoms with E-state index in [0.29, 0.717) is 16.4 Å². The summed E-state index contributed by atoms with van der Waals surface area (Å²) in [5, 5.41) is 25.2. The highest BCUT2D eigenvalue weighted by Gasteiger charge is 2.22. The van der Waals surface area contributed by atoms with Crippen LogP contribution in [0.4, 0.5) is 19.1 Å². The minimum Gasteiger partial charge on any atom is -0.465 e. The Kier molecular flexibility index (Phi) is 6.87. The molecule has 8 nitrogen and oxygen atoms in total. The van der Waals surface area contributed by atoms with Crippen LogP contribution in [0.1, 0.15) is 24.2 Å². The van der Waals surface area contributed by atoms with Gasteiger partial charge in [0.1, 0.15) is 5.82 Å². The number of carbonyl (C=O) groups excluding carboxylic acids is 1. The van der Waals surface area contributed by atoms with Crippen molar-refractivity contribution in [1.82, 2.24) is 15.2 Å². The van der Waals surface area contributed by atoms with E-state index in [0.717, 1.165) is 16.2 Å². The molecule has 2 aromatic rings. The van der Waals surface area contributed by atoms with E-state index in [1.165, 1.54) is 12.1 Å². The molecule has 3 amide bonds. The topological polar surface area (TPSA) is 115 Å². The Bertz CT molecular complexity index is 770. The number of carboxylic acid groups (broad SMARTS) is 1. The number of halogens is 1. The average Bonchev–Trinajstić information content (AvgIpc) is 3.05. The van der Waals surface area contributed by atoms with Crippen molar-refractivity contribution in [2.45, 2.75) is 19.5 Å². The molecule has 1 atom stereocenters. The van der Waals surface area contributed by atoms with Gasteiger partial charge in [0.05, 0.1) is 18.3 Å². The molecule has 0 aliphatic carbocycles. The third-order valence-electron chi connectivity index (χ3n) is 3.57. The Morgan fingerprint density at radius 1 is 1.42 bits per heavy atom. The summed E-state index contributed by atoms with van der Waals surface area (Å²) in [4.78, 5) is 28.4. The van der Waals surface area contributed by atoms with Crippen molar-refractivity contribution in [2.75, 3.05) is 18.5 Å². The van der Waals surface area contributed by atoms with Gasteiger partial charge in [-0.15, -0.1) is 11.3 Å². The summed E-state index contributed by atoms with van der Waals surface area (Å²) in [6.45, 7) is 1.47. The number of anilines is 1. The predicted molar refractivity (Wildman–Crippen MR) is 94.6 cm³/mol. The lowest BCUT2D eigenvalue weighted by Crippen LogP contribution is -2.34. The molecule has 10 heteroatoms. The number of aromatic nitrogens is 1. The number of aliphatic hydroxyl groups is 1. The summed E-state index contributed by atoms with van der Waals surface area (Å²) in [6.07, 6.45) is -1.16. The lowest BCUT2D eigenvalue weighted by atomic mass is 10.2. The number of carbonyl (C=O) groups is 2. The smallest absolute Gasteiger partial charge is 0.407 e. The van der Waals surface area contributed by atoms with Gasteiger partial charge in [-0.05, 0) is 24.6 Å². The normalized spacial score (nSPS) is 11.7. The first-order chi connectivity index (χ1) is 12.4. The van der Waals surface area contributed by atoms with Crippen molar-refractivity contribution in [3.63, 3.8) is 0 Å². The lowest BCUT2D eigenvalue weighted by molar-refractivity contribution is 0.113. The van der Waals surface area contributed by atoms with E-state index in [-0.39, 0.29) is 25.5 Å². The average molecular weight is 382 g/mol. The van der Waals surface area contributed by atoms with Gasteiger partial charge in [0.2, 0.25) is 0 Å². The third-order valence-corrected chi connectivity index (χ3v) is 4.34. The van der Waals surface area contributed by atoms with Crippen LogP contribution in [-0.2, 0) is 6.54 Å². The first-order valence-corrected chi connectivity index (χ1v) is 8.63. The number of hydrogen-bond donors (Lipinski definition) is 4. The second-order valence-corrected chi connectivity index (χ2v) is 6.25. The molecule has 140 valence electrons. The van der Waals surface area contributed by atoms with Crippen molar-refractivity contribution in [2.24, 2.45) is 0 Å². The number of aliphatic hydroxyl groups excluding tert-OH is 1. The monoisotopic (exact) mass is 382 g/mol. The van der Waals surface area contributed by atoms with Crippen molar-refractivity contribution in [3.05, 3.63) is 46.7 Å². The van der Waals surface area contributed by atoms with E-state index in [2.05, 4.69) is 15.6 Å². The maximum Gasteiger partial charge on any atom is 0.407 e. The molecule has 0 aliphatic heterocycles. The molecule has 0 aliphatic rings. The zero-order chi connectivity index (χ0) is 19.1. The van der Waals surface area contributed by atoms with Crippen LogP contribution in [-0.4, -0.2) is 45.4 Å². The fourth-order valence-corrected chi connectivity index (χ4v) is 3.02. The van der Waals surface area contributed by atoms with Crippen LogP contribution in [0.25, 0.3) is 0 Å². The summed E-state index contributed by atoms with van der Waals surface area (Å²) in [5.41, 5.74) is 1.08. The van der Waals surface area contributed by atoms with Crippen LogP contribution < -0.4 is 10.6 Å². The van der Waals surface area contributed by atoms with Gasteiger partial charge in [-0.25, -0.2) is 19.0 Å². The predicted octanol–water partition coefficient (Wildman–Crippen LogP) is 2.64.